The van der Waals surface area contributed by atoms with Crippen molar-refractivity contribution in [2.45, 2.75) is 44.7 Å². The van der Waals surface area contributed by atoms with Crippen LogP contribution in [0.15, 0.2) is 0 Å². The average molecular weight is 214 g/mol. The average Bonchev–Trinajstić information content (AvgIpc) is 2.18. The number of carbonyl (C=O) groups excluding carboxylic acids is 1. The fourth-order valence-corrected chi connectivity index (χ4v) is 1.88. The van der Waals surface area contributed by atoms with Gasteiger partial charge in [-0.15, -0.1) is 0 Å². The number of aliphatic carboxylic acids is 1. The number of nitrogens with one attached hydrogen (secondary N) is 1. The standard InChI is InChI=1S/C10H18N2O3/c1-6(11)9(13)12-8-4-2-3-7(5-8)10(14)15/h6-8H,2-5,11H2,1H3,(H,12,13)(H,14,15)/t6-,7?,8?/m0/s1. The topological polar surface area (TPSA) is 92.4 Å². The Kier molecular flexibility index (Phi) is 4.08. The Morgan fingerprint density at radius 1 is 1.47 bits per heavy atom. The normalized spacial score (nSPS) is 28.1. The second-order valence-electron chi connectivity index (χ2n) is 4.20. The lowest BCUT2D eigenvalue weighted by Crippen LogP contribution is -2.46. The minimum absolute atomic E-state index is 0.0293. The molecule has 5 nitrogen and oxygen atoms in total. The van der Waals surface area contributed by atoms with E-state index >= 15 is 0 Å². The highest BCUT2D eigenvalue weighted by molar-refractivity contribution is 5.81. The molecule has 15 heavy (non-hydrogen) atoms. The lowest BCUT2D eigenvalue weighted by atomic mass is 9.85. The van der Waals surface area contributed by atoms with E-state index in [0.29, 0.717) is 12.8 Å². The van der Waals surface area contributed by atoms with Crippen molar-refractivity contribution in [3.63, 3.8) is 0 Å². The van der Waals surface area contributed by atoms with Gasteiger partial charge in [0.2, 0.25) is 5.91 Å². The zero-order chi connectivity index (χ0) is 11.4. The molecule has 0 radical (unpaired) electrons. The van der Waals surface area contributed by atoms with Crippen LogP contribution in [0.2, 0.25) is 0 Å². The minimum atomic E-state index is -0.769. The van der Waals surface area contributed by atoms with Crippen LogP contribution >= 0.6 is 0 Å². The zero-order valence-electron chi connectivity index (χ0n) is 8.90. The number of hydrogen-bond acceptors (Lipinski definition) is 3. The highest BCUT2D eigenvalue weighted by atomic mass is 16.4. The Bertz CT molecular complexity index is 253. The SMILES string of the molecule is C[C@H](N)C(=O)NC1CCCC(C(=O)O)C1. The molecular formula is C10H18N2O3. The van der Waals surface area contributed by atoms with E-state index < -0.39 is 12.0 Å². The molecule has 0 bridgehead atoms. The van der Waals surface area contributed by atoms with Crippen LogP contribution in [0.25, 0.3) is 0 Å². The molecule has 0 aliphatic heterocycles. The first-order valence-electron chi connectivity index (χ1n) is 5.29. The molecule has 0 saturated heterocycles. The van der Waals surface area contributed by atoms with Crippen LogP contribution in [0.3, 0.4) is 0 Å². The van der Waals surface area contributed by atoms with Gasteiger partial charge in [0, 0.05) is 6.04 Å². The third kappa shape index (κ3) is 3.51. The number of carboxylic acid groups (broad SMARTS) is 1. The van der Waals surface area contributed by atoms with E-state index in [2.05, 4.69) is 5.32 Å². The van der Waals surface area contributed by atoms with E-state index in [-0.39, 0.29) is 17.9 Å². The second kappa shape index (κ2) is 5.11. The van der Waals surface area contributed by atoms with Crippen LogP contribution < -0.4 is 11.1 Å². The highest BCUT2D eigenvalue weighted by Crippen LogP contribution is 2.24. The first-order chi connectivity index (χ1) is 7.00. The molecule has 1 amide bonds. The van der Waals surface area contributed by atoms with Crippen molar-refractivity contribution < 1.29 is 14.7 Å². The van der Waals surface area contributed by atoms with Gasteiger partial charge >= 0.3 is 5.97 Å². The van der Waals surface area contributed by atoms with Crippen LogP contribution in [0, 0.1) is 5.92 Å². The molecule has 0 heterocycles. The van der Waals surface area contributed by atoms with Gasteiger partial charge in [-0.1, -0.05) is 6.42 Å². The maximum absolute atomic E-state index is 11.3. The van der Waals surface area contributed by atoms with Gasteiger partial charge in [-0.3, -0.25) is 9.59 Å². The maximum Gasteiger partial charge on any atom is 0.306 e. The molecule has 2 unspecified atom stereocenters. The summed E-state index contributed by atoms with van der Waals surface area (Å²) in [5.41, 5.74) is 5.42. The number of amides is 1. The summed E-state index contributed by atoms with van der Waals surface area (Å²) < 4.78 is 0. The van der Waals surface area contributed by atoms with E-state index in [4.69, 9.17) is 10.8 Å². The van der Waals surface area contributed by atoms with E-state index in [1.54, 1.807) is 6.92 Å². The lowest BCUT2D eigenvalue weighted by molar-refractivity contribution is -0.143. The van der Waals surface area contributed by atoms with Crippen LogP contribution in [0.4, 0.5) is 0 Å². The molecule has 1 rings (SSSR count). The Hall–Kier alpha value is -1.10. The molecule has 0 aromatic carbocycles. The number of nitrogens with two attached hydrogens (primary N) is 1. The summed E-state index contributed by atoms with van der Waals surface area (Å²) in [5.74, 6) is -1.29. The monoisotopic (exact) mass is 214 g/mol. The van der Waals surface area contributed by atoms with Crippen molar-refractivity contribution in [2.75, 3.05) is 0 Å². The molecule has 5 heteroatoms. The van der Waals surface area contributed by atoms with Crippen LogP contribution in [-0.4, -0.2) is 29.1 Å². The van der Waals surface area contributed by atoms with Gasteiger partial charge in [-0.2, -0.15) is 0 Å². The van der Waals surface area contributed by atoms with Crippen molar-refractivity contribution in [3.05, 3.63) is 0 Å². The van der Waals surface area contributed by atoms with Gasteiger partial charge < -0.3 is 16.2 Å². The Morgan fingerprint density at radius 3 is 2.67 bits per heavy atom. The predicted molar refractivity (Wildman–Crippen MR) is 55.2 cm³/mol. The Balaban J connectivity index is 2.43. The van der Waals surface area contributed by atoms with Crippen molar-refractivity contribution in [2.24, 2.45) is 11.7 Å². The van der Waals surface area contributed by atoms with E-state index in [1.165, 1.54) is 0 Å². The summed E-state index contributed by atoms with van der Waals surface area (Å²) >= 11 is 0. The summed E-state index contributed by atoms with van der Waals surface area (Å²) in [6, 6.07) is -0.562. The smallest absolute Gasteiger partial charge is 0.306 e. The van der Waals surface area contributed by atoms with Crippen molar-refractivity contribution in [1.29, 1.82) is 0 Å². The molecule has 0 aromatic rings. The van der Waals surface area contributed by atoms with Gasteiger partial charge in [0.05, 0.1) is 12.0 Å². The third-order valence-corrected chi connectivity index (χ3v) is 2.78. The van der Waals surface area contributed by atoms with Gasteiger partial charge in [-0.25, -0.2) is 0 Å². The fraction of sp³-hybridized carbons (Fsp3) is 0.800. The summed E-state index contributed by atoms with van der Waals surface area (Å²) in [7, 11) is 0. The highest BCUT2D eigenvalue weighted by Gasteiger charge is 2.28. The number of hydrogen-bond donors (Lipinski definition) is 3. The largest absolute Gasteiger partial charge is 0.481 e. The summed E-state index contributed by atoms with van der Waals surface area (Å²) in [6.07, 6.45) is 2.93. The first kappa shape index (κ1) is 12.0. The van der Waals surface area contributed by atoms with Gasteiger partial charge in [0.15, 0.2) is 0 Å². The summed E-state index contributed by atoms with van der Waals surface area (Å²) in [5, 5.41) is 11.6. The van der Waals surface area contributed by atoms with Crippen LogP contribution in [-0.2, 0) is 9.59 Å². The molecule has 0 spiro atoms. The summed E-state index contributed by atoms with van der Waals surface area (Å²) in [6.45, 7) is 1.62. The molecule has 1 fully saturated rings. The van der Waals surface area contributed by atoms with Gasteiger partial charge in [0.25, 0.3) is 0 Å². The number of carboxylic acids is 1. The molecule has 1 saturated carbocycles. The molecule has 1 aliphatic carbocycles. The lowest BCUT2D eigenvalue weighted by Gasteiger charge is -2.27. The third-order valence-electron chi connectivity index (χ3n) is 2.78. The molecule has 1 aliphatic rings. The van der Waals surface area contributed by atoms with Gasteiger partial charge in [0.1, 0.15) is 0 Å². The van der Waals surface area contributed by atoms with E-state index in [0.717, 1.165) is 12.8 Å². The maximum atomic E-state index is 11.3. The second-order valence-corrected chi connectivity index (χ2v) is 4.20. The van der Waals surface area contributed by atoms with Gasteiger partial charge in [-0.05, 0) is 26.2 Å². The number of carbonyl (C=O) groups is 2. The zero-order valence-corrected chi connectivity index (χ0v) is 8.90. The van der Waals surface area contributed by atoms with Crippen molar-refractivity contribution in [3.8, 4) is 0 Å². The fourth-order valence-electron chi connectivity index (χ4n) is 1.88. The van der Waals surface area contributed by atoms with Crippen molar-refractivity contribution in [1.82, 2.24) is 5.32 Å². The summed E-state index contributed by atoms with van der Waals surface area (Å²) in [4.78, 5) is 22.1. The quantitative estimate of drug-likeness (QED) is 0.621. The predicted octanol–water partition coefficient (Wildman–Crippen LogP) is 0.0932. The minimum Gasteiger partial charge on any atom is -0.481 e. The molecule has 4 N–H and O–H groups in total. The van der Waals surface area contributed by atoms with E-state index in [9.17, 15) is 9.59 Å². The molecular weight excluding hydrogens is 196 g/mol. The van der Waals surface area contributed by atoms with Crippen molar-refractivity contribution >= 4 is 11.9 Å². The first-order valence-corrected chi connectivity index (χ1v) is 5.29. The Morgan fingerprint density at radius 2 is 2.13 bits per heavy atom. The Labute approximate surface area is 89.0 Å². The molecule has 0 aromatic heterocycles. The molecule has 3 atom stereocenters. The van der Waals surface area contributed by atoms with Crippen LogP contribution in [0.5, 0.6) is 0 Å². The molecule has 86 valence electrons. The van der Waals surface area contributed by atoms with E-state index in [1.807, 2.05) is 0 Å². The van der Waals surface area contributed by atoms with Crippen LogP contribution in [0.1, 0.15) is 32.6 Å². The number of rotatable bonds is 3.